The van der Waals surface area contributed by atoms with E-state index in [0.717, 1.165) is 18.4 Å². The van der Waals surface area contributed by atoms with E-state index in [9.17, 15) is 0 Å². The van der Waals surface area contributed by atoms with E-state index in [0.29, 0.717) is 0 Å². The summed E-state index contributed by atoms with van der Waals surface area (Å²) in [5.41, 5.74) is 2.44. The van der Waals surface area contributed by atoms with Gasteiger partial charge in [0.1, 0.15) is 17.7 Å². The van der Waals surface area contributed by atoms with E-state index in [-0.39, 0.29) is 5.57 Å². The van der Waals surface area contributed by atoms with Gasteiger partial charge in [0.15, 0.2) is 0 Å². The molecular formula is C13H16N2. The second-order valence-corrected chi connectivity index (χ2v) is 3.59. The van der Waals surface area contributed by atoms with Crippen LogP contribution >= 0.6 is 0 Å². The molecule has 2 heteroatoms. The molecule has 2 nitrogen and oxygen atoms in total. The quantitative estimate of drug-likeness (QED) is 0.301. The van der Waals surface area contributed by atoms with Crippen molar-refractivity contribution >= 4 is 0 Å². The molecule has 0 aliphatic heterocycles. The molecule has 0 unspecified atom stereocenters. The van der Waals surface area contributed by atoms with Crippen LogP contribution in [0, 0.1) is 22.7 Å². The molecule has 0 atom stereocenters. The summed E-state index contributed by atoms with van der Waals surface area (Å²) in [4.78, 5) is 0. The molecule has 0 rings (SSSR count). The van der Waals surface area contributed by atoms with Crippen LogP contribution < -0.4 is 0 Å². The SMILES string of the molecule is CC(C)=CCC/C=C(/C)C=C(C#N)C#N. The smallest absolute Gasteiger partial charge is 0.129 e. The van der Waals surface area contributed by atoms with Crippen molar-refractivity contribution in [2.24, 2.45) is 0 Å². The average molecular weight is 200 g/mol. The van der Waals surface area contributed by atoms with Crippen LogP contribution in [0.3, 0.4) is 0 Å². The summed E-state index contributed by atoms with van der Waals surface area (Å²) < 4.78 is 0. The van der Waals surface area contributed by atoms with Crippen molar-refractivity contribution in [1.29, 1.82) is 10.5 Å². The number of nitriles is 2. The number of rotatable bonds is 4. The monoisotopic (exact) mass is 200 g/mol. The maximum Gasteiger partial charge on any atom is 0.129 e. The summed E-state index contributed by atoms with van der Waals surface area (Å²) >= 11 is 0. The lowest BCUT2D eigenvalue weighted by molar-refractivity contribution is 1.02. The first-order chi connectivity index (χ1) is 7.10. The second-order valence-electron chi connectivity index (χ2n) is 3.59. The van der Waals surface area contributed by atoms with Crippen LogP contribution in [0.4, 0.5) is 0 Å². The molecule has 0 aromatic rings. The molecule has 0 aliphatic carbocycles. The first kappa shape index (κ1) is 13.2. The predicted molar refractivity (Wildman–Crippen MR) is 61.7 cm³/mol. The number of hydrogen-bond acceptors (Lipinski definition) is 2. The Balaban J connectivity index is 4.24. The van der Waals surface area contributed by atoms with Gasteiger partial charge in [0.2, 0.25) is 0 Å². The van der Waals surface area contributed by atoms with Gasteiger partial charge in [-0.2, -0.15) is 10.5 Å². The Hall–Kier alpha value is -1.80. The Kier molecular flexibility index (Phi) is 6.68. The Morgan fingerprint density at radius 1 is 1.00 bits per heavy atom. The van der Waals surface area contributed by atoms with Gasteiger partial charge >= 0.3 is 0 Å². The van der Waals surface area contributed by atoms with Gasteiger partial charge in [0, 0.05) is 0 Å². The number of nitrogens with zero attached hydrogens (tertiary/aromatic N) is 2. The van der Waals surface area contributed by atoms with Crippen LogP contribution in [0.25, 0.3) is 0 Å². The largest absolute Gasteiger partial charge is 0.192 e. The third-order valence-corrected chi connectivity index (χ3v) is 1.80. The van der Waals surface area contributed by atoms with Crippen molar-refractivity contribution in [3.05, 3.63) is 34.9 Å². The van der Waals surface area contributed by atoms with E-state index < -0.39 is 0 Å². The molecule has 0 aromatic carbocycles. The van der Waals surface area contributed by atoms with Gasteiger partial charge in [-0.15, -0.1) is 0 Å². The van der Waals surface area contributed by atoms with E-state index >= 15 is 0 Å². The summed E-state index contributed by atoms with van der Waals surface area (Å²) in [7, 11) is 0. The molecule has 0 saturated carbocycles. The molecule has 0 radical (unpaired) electrons. The molecule has 0 aromatic heterocycles. The summed E-state index contributed by atoms with van der Waals surface area (Å²) in [5, 5.41) is 17.1. The van der Waals surface area contributed by atoms with Crippen LogP contribution in [-0.2, 0) is 0 Å². The summed E-state index contributed by atoms with van der Waals surface area (Å²) in [6.45, 7) is 6.04. The van der Waals surface area contributed by atoms with Gasteiger partial charge in [-0.05, 0) is 39.7 Å². The van der Waals surface area contributed by atoms with E-state index in [1.54, 1.807) is 6.08 Å². The third-order valence-electron chi connectivity index (χ3n) is 1.80. The average Bonchev–Trinajstić information content (AvgIpc) is 2.20. The highest BCUT2D eigenvalue weighted by Crippen LogP contribution is 2.05. The lowest BCUT2D eigenvalue weighted by Gasteiger charge is -1.93. The van der Waals surface area contributed by atoms with Crippen molar-refractivity contribution in [3.8, 4) is 12.1 Å². The highest BCUT2D eigenvalue weighted by Gasteiger charge is 1.91. The maximum absolute atomic E-state index is 8.54. The van der Waals surface area contributed by atoms with Crippen LogP contribution in [0.2, 0.25) is 0 Å². The van der Waals surface area contributed by atoms with Gasteiger partial charge in [-0.1, -0.05) is 23.3 Å². The number of unbranched alkanes of at least 4 members (excludes halogenated alkanes) is 1. The lowest BCUT2D eigenvalue weighted by atomic mass is 10.1. The first-order valence-corrected chi connectivity index (χ1v) is 4.92. The Morgan fingerprint density at radius 2 is 1.53 bits per heavy atom. The number of hydrogen-bond donors (Lipinski definition) is 0. The van der Waals surface area contributed by atoms with Gasteiger partial charge in [-0.25, -0.2) is 0 Å². The highest BCUT2D eigenvalue weighted by molar-refractivity contribution is 5.40. The zero-order valence-corrected chi connectivity index (χ0v) is 9.54. The van der Waals surface area contributed by atoms with E-state index in [1.165, 1.54) is 5.57 Å². The third kappa shape index (κ3) is 7.28. The maximum atomic E-state index is 8.54. The summed E-state index contributed by atoms with van der Waals surface area (Å²) in [5.74, 6) is 0. The van der Waals surface area contributed by atoms with Gasteiger partial charge in [0.25, 0.3) is 0 Å². The molecule has 0 saturated heterocycles. The van der Waals surface area contributed by atoms with Gasteiger partial charge in [-0.3, -0.25) is 0 Å². The first-order valence-electron chi connectivity index (χ1n) is 4.92. The molecule has 0 spiro atoms. The fraction of sp³-hybridized carbons (Fsp3) is 0.385. The Labute approximate surface area is 91.8 Å². The van der Waals surface area contributed by atoms with Crippen LogP contribution in [0.15, 0.2) is 34.9 Å². The van der Waals surface area contributed by atoms with Crippen LogP contribution in [0.1, 0.15) is 33.6 Å². The van der Waals surface area contributed by atoms with Crippen molar-refractivity contribution in [3.63, 3.8) is 0 Å². The van der Waals surface area contributed by atoms with Crippen molar-refractivity contribution in [1.82, 2.24) is 0 Å². The van der Waals surface area contributed by atoms with Crippen molar-refractivity contribution in [2.75, 3.05) is 0 Å². The molecule has 0 aliphatic rings. The van der Waals surface area contributed by atoms with E-state index in [4.69, 9.17) is 10.5 Å². The second kappa shape index (κ2) is 7.59. The standard InChI is InChI=1S/C13H16N2/c1-11(2)6-4-5-7-12(3)8-13(9-14)10-15/h6-8H,4-5H2,1-3H3/b12-7-. The molecule has 0 heterocycles. The van der Waals surface area contributed by atoms with Crippen molar-refractivity contribution < 1.29 is 0 Å². The normalized spacial score (nSPS) is 9.80. The van der Waals surface area contributed by atoms with E-state index in [1.807, 2.05) is 25.1 Å². The summed E-state index contributed by atoms with van der Waals surface area (Å²) in [6, 6.07) is 3.68. The van der Waals surface area contributed by atoms with E-state index in [2.05, 4.69) is 19.9 Å². The molecule has 0 amide bonds. The molecule has 0 N–H and O–H groups in total. The molecule has 0 bridgehead atoms. The Bertz CT molecular complexity index is 350. The van der Waals surface area contributed by atoms with Gasteiger partial charge in [0.05, 0.1) is 0 Å². The number of allylic oxidation sites excluding steroid dienone is 6. The minimum atomic E-state index is 0.158. The zero-order valence-electron chi connectivity index (χ0n) is 9.54. The van der Waals surface area contributed by atoms with Crippen LogP contribution in [-0.4, -0.2) is 0 Å². The lowest BCUT2D eigenvalue weighted by Crippen LogP contribution is -1.76. The van der Waals surface area contributed by atoms with Gasteiger partial charge < -0.3 is 0 Å². The Morgan fingerprint density at radius 3 is 2.00 bits per heavy atom. The summed E-state index contributed by atoms with van der Waals surface area (Å²) in [6.07, 6.45) is 7.76. The molecule has 15 heavy (non-hydrogen) atoms. The van der Waals surface area contributed by atoms with Crippen molar-refractivity contribution in [2.45, 2.75) is 33.6 Å². The van der Waals surface area contributed by atoms with Crippen LogP contribution in [0.5, 0.6) is 0 Å². The highest BCUT2D eigenvalue weighted by atomic mass is 14.3. The zero-order chi connectivity index (χ0) is 11.7. The predicted octanol–water partition coefficient (Wildman–Crippen LogP) is 3.65. The molecule has 0 fully saturated rings. The molecule has 78 valence electrons. The minimum Gasteiger partial charge on any atom is -0.192 e. The minimum absolute atomic E-state index is 0.158. The molecular weight excluding hydrogens is 184 g/mol. The topological polar surface area (TPSA) is 47.6 Å². The fourth-order valence-corrected chi connectivity index (χ4v) is 1.06. The fourth-order valence-electron chi connectivity index (χ4n) is 1.06.